The van der Waals surface area contributed by atoms with E-state index in [1.807, 2.05) is 18.0 Å². The zero-order valence-corrected chi connectivity index (χ0v) is 11.8. The van der Waals surface area contributed by atoms with Crippen LogP contribution in [0.4, 0.5) is 0 Å². The highest BCUT2D eigenvalue weighted by Crippen LogP contribution is 2.42. The summed E-state index contributed by atoms with van der Waals surface area (Å²) in [5.41, 5.74) is 5.80. The van der Waals surface area contributed by atoms with Crippen molar-refractivity contribution in [1.82, 2.24) is 5.32 Å². The van der Waals surface area contributed by atoms with Gasteiger partial charge in [0.25, 0.3) is 0 Å². The molecule has 1 amide bonds. The van der Waals surface area contributed by atoms with E-state index < -0.39 is 0 Å². The minimum atomic E-state index is -0.341. The average Bonchev–Trinajstić information content (AvgIpc) is 2.24. The van der Waals surface area contributed by atoms with Crippen LogP contribution in [0.5, 0.6) is 0 Å². The summed E-state index contributed by atoms with van der Waals surface area (Å²) in [6.07, 6.45) is 8.64. The molecule has 1 aliphatic rings. The highest BCUT2D eigenvalue weighted by molar-refractivity contribution is 8.00. The van der Waals surface area contributed by atoms with Gasteiger partial charge in [0.1, 0.15) is 0 Å². The summed E-state index contributed by atoms with van der Waals surface area (Å²) in [7, 11) is 0. The lowest BCUT2D eigenvalue weighted by molar-refractivity contribution is -0.122. The maximum absolute atomic E-state index is 11.7. The zero-order chi connectivity index (χ0) is 12.0. The number of amides is 1. The number of nitrogens with two attached hydrogens (primary N) is 1. The first-order valence-electron chi connectivity index (χ1n) is 5.71. The van der Waals surface area contributed by atoms with E-state index in [9.17, 15) is 4.79 Å². The molecule has 1 fully saturated rings. The maximum atomic E-state index is 11.7. The van der Waals surface area contributed by atoms with Gasteiger partial charge in [-0.25, -0.2) is 0 Å². The fraction of sp³-hybridized carbons (Fsp3) is 0.909. The summed E-state index contributed by atoms with van der Waals surface area (Å²) in [6, 6.07) is -0.341. The SMILES string of the molecule is CSCC[C@H](N)C(=O)NCC1(SC)CCC1. The van der Waals surface area contributed by atoms with Gasteiger partial charge in [-0.2, -0.15) is 23.5 Å². The van der Waals surface area contributed by atoms with E-state index in [0.717, 1.165) is 18.7 Å². The highest BCUT2D eigenvalue weighted by Gasteiger charge is 2.36. The molecule has 0 aromatic carbocycles. The summed E-state index contributed by atoms with van der Waals surface area (Å²) in [5, 5.41) is 2.99. The molecule has 0 spiro atoms. The first kappa shape index (κ1) is 14.2. The van der Waals surface area contributed by atoms with E-state index in [2.05, 4.69) is 11.6 Å². The number of hydrogen-bond donors (Lipinski definition) is 2. The molecule has 1 rings (SSSR count). The zero-order valence-electron chi connectivity index (χ0n) is 10.1. The van der Waals surface area contributed by atoms with E-state index in [1.54, 1.807) is 11.8 Å². The van der Waals surface area contributed by atoms with Gasteiger partial charge in [-0.05, 0) is 37.5 Å². The van der Waals surface area contributed by atoms with Crippen LogP contribution in [0, 0.1) is 0 Å². The molecule has 1 saturated carbocycles. The molecule has 0 bridgehead atoms. The van der Waals surface area contributed by atoms with Crippen molar-refractivity contribution in [2.45, 2.75) is 36.5 Å². The Balaban J connectivity index is 2.23. The Kier molecular flexibility index (Phi) is 6.00. The molecule has 16 heavy (non-hydrogen) atoms. The van der Waals surface area contributed by atoms with E-state index in [-0.39, 0.29) is 11.9 Å². The predicted octanol–water partition coefficient (Wildman–Crippen LogP) is 1.47. The molecule has 0 saturated heterocycles. The Morgan fingerprint density at radius 3 is 2.62 bits per heavy atom. The van der Waals surface area contributed by atoms with Gasteiger partial charge in [-0.3, -0.25) is 4.79 Å². The largest absolute Gasteiger partial charge is 0.353 e. The van der Waals surface area contributed by atoms with Crippen LogP contribution in [0.25, 0.3) is 0 Å². The number of rotatable bonds is 7. The van der Waals surface area contributed by atoms with Crippen molar-refractivity contribution in [2.24, 2.45) is 5.73 Å². The van der Waals surface area contributed by atoms with E-state index in [1.165, 1.54) is 19.3 Å². The molecular weight excluding hydrogens is 240 g/mol. The van der Waals surface area contributed by atoms with Crippen LogP contribution in [-0.2, 0) is 4.79 Å². The summed E-state index contributed by atoms with van der Waals surface area (Å²) < 4.78 is 0.300. The molecular formula is C11H22N2OS2. The quantitative estimate of drug-likeness (QED) is 0.729. The lowest BCUT2D eigenvalue weighted by Crippen LogP contribution is -2.49. The van der Waals surface area contributed by atoms with Gasteiger partial charge in [0, 0.05) is 11.3 Å². The third-order valence-corrected chi connectivity index (χ3v) is 5.31. The standard InChI is InChI=1S/C11H22N2OS2/c1-15-7-4-9(12)10(14)13-8-11(16-2)5-3-6-11/h9H,3-8,12H2,1-2H3,(H,13,14)/t9-/m0/s1. The molecule has 94 valence electrons. The Bertz CT molecular complexity index is 227. The van der Waals surface area contributed by atoms with Crippen molar-refractivity contribution in [3.8, 4) is 0 Å². The molecule has 1 aliphatic carbocycles. The molecule has 3 N–H and O–H groups in total. The summed E-state index contributed by atoms with van der Waals surface area (Å²) in [6.45, 7) is 0.778. The van der Waals surface area contributed by atoms with Gasteiger partial charge >= 0.3 is 0 Å². The van der Waals surface area contributed by atoms with Gasteiger partial charge in [-0.1, -0.05) is 6.42 Å². The molecule has 5 heteroatoms. The molecule has 0 heterocycles. The molecule has 0 aromatic rings. The smallest absolute Gasteiger partial charge is 0.236 e. The highest BCUT2D eigenvalue weighted by atomic mass is 32.2. The Morgan fingerprint density at radius 1 is 1.50 bits per heavy atom. The number of hydrogen-bond acceptors (Lipinski definition) is 4. The maximum Gasteiger partial charge on any atom is 0.236 e. The van der Waals surface area contributed by atoms with Crippen LogP contribution in [0.15, 0.2) is 0 Å². The first-order valence-corrected chi connectivity index (χ1v) is 8.33. The number of carbonyl (C=O) groups is 1. The molecule has 1 atom stereocenters. The third kappa shape index (κ3) is 3.86. The predicted molar refractivity (Wildman–Crippen MR) is 74.1 cm³/mol. The Hall–Kier alpha value is 0.130. The summed E-state index contributed by atoms with van der Waals surface area (Å²) in [4.78, 5) is 11.7. The van der Waals surface area contributed by atoms with Crippen LogP contribution >= 0.6 is 23.5 Å². The molecule has 3 nitrogen and oxygen atoms in total. The number of thioether (sulfide) groups is 2. The van der Waals surface area contributed by atoms with E-state index in [4.69, 9.17) is 5.73 Å². The van der Waals surface area contributed by atoms with E-state index in [0.29, 0.717) is 4.75 Å². The van der Waals surface area contributed by atoms with Crippen molar-refractivity contribution in [3.05, 3.63) is 0 Å². The minimum absolute atomic E-state index is 0.00868. The first-order chi connectivity index (χ1) is 7.63. The molecule has 0 aliphatic heterocycles. The van der Waals surface area contributed by atoms with E-state index >= 15 is 0 Å². The fourth-order valence-electron chi connectivity index (χ4n) is 1.78. The normalized spacial score (nSPS) is 19.9. The average molecular weight is 262 g/mol. The molecule has 0 radical (unpaired) electrons. The Morgan fingerprint density at radius 2 is 2.19 bits per heavy atom. The van der Waals surface area contributed by atoms with Crippen LogP contribution < -0.4 is 11.1 Å². The summed E-state index contributed by atoms with van der Waals surface area (Å²) in [5.74, 6) is 0.955. The van der Waals surface area contributed by atoms with Gasteiger partial charge < -0.3 is 11.1 Å². The fourth-order valence-corrected chi connectivity index (χ4v) is 3.18. The van der Waals surface area contributed by atoms with Crippen LogP contribution in [0.2, 0.25) is 0 Å². The van der Waals surface area contributed by atoms with Crippen LogP contribution in [0.3, 0.4) is 0 Å². The third-order valence-electron chi connectivity index (χ3n) is 3.25. The monoisotopic (exact) mass is 262 g/mol. The summed E-state index contributed by atoms with van der Waals surface area (Å²) >= 11 is 3.60. The van der Waals surface area contributed by atoms with Crippen molar-refractivity contribution >= 4 is 29.4 Å². The lowest BCUT2D eigenvalue weighted by Gasteiger charge is -2.40. The van der Waals surface area contributed by atoms with Gasteiger partial charge in [-0.15, -0.1) is 0 Å². The minimum Gasteiger partial charge on any atom is -0.353 e. The topological polar surface area (TPSA) is 55.1 Å². The van der Waals surface area contributed by atoms with Gasteiger partial charge in [0.15, 0.2) is 0 Å². The number of carbonyl (C=O) groups excluding carboxylic acids is 1. The number of nitrogens with one attached hydrogen (secondary N) is 1. The van der Waals surface area contributed by atoms with Crippen LogP contribution in [-0.4, -0.2) is 41.5 Å². The second-order valence-electron chi connectivity index (χ2n) is 4.35. The molecule has 0 aromatic heterocycles. The molecule has 0 unspecified atom stereocenters. The lowest BCUT2D eigenvalue weighted by atomic mass is 9.84. The van der Waals surface area contributed by atoms with Gasteiger partial charge in [0.2, 0.25) is 5.91 Å². The van der Waals surface area contributed by atoms with Crippen molar-refractivity contribution in [3.63, 3.8) is 0 Å². The second-order valence-corrected chi connectivity index (χ2v) is 6.61. The van der Waals surface area contributed by atoms with Crippen molar-refractivity contribution in [1.29, 1.82) is 0 Å². The van der Waals surface area contributed by atoms with Crippen molar-refractivity contribution in [2.75, 3.05) is 24.8 Å². The Labute approximate surface area is 107 Å². The van der Waals surface area contributed by atoms with Crippen molar-refractivity contribution < 1.29 is 4.79 Å². The van der Waals surface area contributed by atoms with Crippen LogP contribution in [0.1, 0.15) is 25.7 Å². The van der Waals surface area contributed by atoms with Gasteiger partial charge in [0.05, 0.1) is 6.04 Å². The second kappa shape index (κ2) is 6.77.